The third-order valence-electron chi connectivity index (χ3n) is 7.15. The standard InChI is InChI=1S/C32H35N3O6/c1-22(10-9-15-29(38)34(18-19-36)21-24-11-5-3-6-12-24)32(41)27-20-25(33-30(39)23(2)37)16-17-28(27)35(31(32)40)26-13-7-4-8-14-26/h3-14,16-17,20,22-23,36-37,41H,15,18-19,21H2,1-2H3,(H,33,39)/b10-9+/t22-,23+,32+/m1/s1. The van der Waals surface area contributed by atoms with E-state index in [9.17, 15) is 29.7 Å². The molecule has 0 saturated carbocycles. The molecule has 4 N–H and O–H groups in total. The van der Waals surface area contributed by atoms with E-state index in [0.29, 0.717) is 29.2 Å². The van der Waals surface area contributed by atoms with Crippen molar-refractivity contribution < 1.29 is 29.7 Å². The van der Waals surface area contributed by atoms with Gasteiger partial charge in [-0.3, -0.25) is 19.3 Å². The smallest absolute Gasteiger partial charge is 0.268 e. The van der Waals surface area contributed by atoms with Crippen LogP contribution >= 0.6 is 0 Å². The maximum absolute atomic E-state index is 13.9. The molecule has 0 unspecified atom stereocenters. The summed E-state index contributed by atoms with van der Waals surface area (Å²) in [6.45, 7) is 3.39. The van der Waals surface area contributed by atoms with Crippen LogP contribution < -0.4 is 10.2 Å². The Labute approximate surface area is 239 Å². The minimum Gasteiger partial charge on any atom is -0.395 e. The van der Waals surface area contributed by atoms with Crippen molar-refractivity contribution in [2.75, 3.05) is 23.4 Å². The SMILES string of the molecule is C[C@H](O)C(=O)Nc1ccc2c(c1)[C@@](O)([C@H](C)/C=C/CC(=O)N(CCO)Cc1ccccc1)C(=O)N2c1ccccc1. The summed E-state index contributed by atoms with van der Waals surface area (Å²) in [5.74, 6) is -2.14. The number of carbonyl (C=O) groups excluding carboxylic acids is 3. The van der Waals surface area contributed by atoms with E-state index >= 15 is 0 Å². The molecule has 9 heteroatoms. The van der Waals surface area contributed by atoms with E-state index < -0.39 is 29.4 Å². The Hall–Kier alpha value is -4.31. The Bertz CT molecular complexity index is 1410. The van der Waals surface area contributed by atoms with Gasteiger partial charge in [-0.2, -0.15) is 0 Å². The summed E-state index contributed by atoms with van der Waals surface area (Å²) in [7, 11) is 0. The Morgan fingerprint density at radius 2 is 1.68 bits per heavy atom. The minimum atomic E-state index is -1.99. The van der Waals surface area contributed by atoms with Crippen LogP contribution in [0.3, 0.4) is 0 Å². The third kappa shape index (κ3) is 6.38. The molecule has 1 heterocycles. The highest BCUT2D eigenvalue weighted by atomic mass is 16.3. The average Bonchev–Trinajstić information content (AvgIpc) is 3.20. The average molecular weight is 558 g/mol. The van der Waals surface area contributed by atoms with Gasteiger partial charge in [0.15, 0.2) is 5.60 Å². The number of carbonyl (C=O) groups is 3. The summed E-state index contributed by atoms with van der Waals surface area (Å²) in [6.07, 6.45) is 2.03. The van der Waals surface area contributed by atoms with Crippen molar-refractivity contribution in [2.45, 2.75) is 38.5 Å². The Balaban J connectivity index is 1.60. The number of para-hydroxylation sites is 1. The van der Waals surface area contributed by atoms with E-state index in [1.165, 1.54) is 17.9 Å². The van der Waals surface area contributed by atoms with Crippen LogP contribution in [0, 0.1) is 5.92 Å². The Morgan fingerprint density at radius 3 is 2.32 bits per heavy atom. The molecule has 3 atom stereocenters. The largest absolute Gasteiger partial charge is 0.395 e. The number of nitrogens with zero attached hydrogens (tertiary/aromatic N) is 2. The number of hydrogen-bond donors (Lipinski definition) is 4. The molecule has 3 aromatic carbocycles. The van der Waals surface area contributed by atoms with E-state index in [0.717, 1.165) is 5.56 Å². The molecular formula is C32H35N3O6. The summed E-state index contributed by atoms with van der Waals surface area (Å²) in [4.78, 5) is 42.0. The van der Waals surface area contributed by atoms with Crippen LogP contribution in [0.4, 0.5) is 17.1 Å². The summed E-state index contributed by atoms with van der Waals surface area (Å²) in [5, 5.41) is 33.7. The van der Waals surface area contributed by atoms with Crippen molar-refractivity contribution in [3.8, 4) is 0 Å². The predicted octanol–water partition coefficient (Wildman–Crippen LogP) is 3.48. The van der Waals surface area contributed by atoms with Crippen LogP contribution in [0.2, 0.25) is 0 Å². The zero-order valence-corrected chi connectivity index (χ0v) is 23.1. The van der Waals surface area contributed by atoms with Gasteiger partial charge in [-0.05, 0) is 42.8 Å². The van der Waals surface area contributed by atoms with Gasteiger partial charge in [0.2, 0.25) is 5.91 Å². The molecule has 0 aliphatic carbocycles. The number of amides is 3. The van der Waals surface area contributed by atoms with Crippen molar-refractivity contribution in [1.82, 2.24) is 4.90 Å². The van der Waals surface area contributed by atoms with E-state index in [4.69, 9.17) is 0 Å². The number of hydrogen-bond acceptors (Lipinski definition) is 6. The molecule has 0 bridgehead atoms. The molecule has 1 aliphatic rings. The number of nitrogens with one attached hydrogen (secondary N) is 1. The van der Waals surface area contributed by atoms with Gasteiger partial charge < -0.3 is 25.5 Å². The quantitative estimate of drug-likeness (QED) is 0.267. The predicted molar refractivity (Wildman–Crippen MR) is 156 cm³/mol. The molecule has 3 amide bonds. The van der Waals surface area contributed by atoms with Crippen LogP contribution in [0.25, 0.3) is 0 Å². The normalized spacial score (nSPS) is 17.8. The third-order valence-corrected chi connectivity index (χ3v) is 7.15. The number of aliphatic hydroxyl groups excluding tert-OH is 2. The molecule has 41 heavy (non-hydrogen) atoms. The topological polar surface area (TPSA) is 130 Å². The van der Waals surface area contributed by atoms with Crippen LogP contribution in [0.5, 0.6) is 0 Å². The second-order valence-electron chi connectivity index (χ2n) is 10.1. The van der Waals surface area contributed by atoms with Crippen molar-refractivity contribution in [3.05, 3.63) is 102 Å². The summed E-state index contributed by atoms with van der Waals surface area (Å²) in [5.41, 5.74) is 0.598. The van der Waals surface area contributed by atoms with Gasteiger partial charge >= 0.3 is 0 Å². The number of anilines is 3. The first-order chi connectivity index (χ1) is 19.7. The van der Waals surface area contributed by atoms with E-state index in [2.05, 4.69) is 5.32 Å². The molecule has 214 valence electrons. The van der Waals surface area contributed by atoms with E-state index in [1.807, 2.05) is 36.4 Å². The summed E-state index contributed by atoms with van der Waals surface area (Å²) in [6, 6.07) is 23.2. The number of benzene rings is 3. The first kappa shape index (κ1) is 29.7. The highest BCUT2D eigenvalue weighted by Gasteiger charge is 2.53. The van der Waals surface area contributed by atoms with Crippen LogP contribution in [-0.4, -0.2) is 57.2 Å². The van der Waals surface area contributed by atoms with Crippen molar-refractivity contribution in [3.63, 3.8) is 0 Å². The minimum absolute atomic E-state index is 0.0151. The zero-order chi connectivity index (χ0) is 29.6. The second kappa shape index (κ2) is 12.9. The molecule has 1 aliphatic heterocycles. The lowest BCUT2D eigenvalue weighted by Crippen LogP contribution is -2.42. The number of rotatable bonds is 11. The van der Waals surface area contributed by atoms with Crippen molar-refractivity contribution in [2.24, 2.45) is 5.92 Å². The summed E-state index contributed by atoms with van der Waals surface area (Å²) < 4.78 is 0. The summed E-state index contributed by atoms with van der Waals surface area (Å²) >= 11 is 0. The fraction of sp³-hybridized carbons (Fsp3) is 0.281. The maximum atomic E-state index is 13.9. The molecule has 0 saturated heterocycles. The molecule has 0 spiro atoms. The number of aliphatic hydroxyl groups is 3. The Morgan fingerprint density at radius 1 is 1.02 bits per heavy atom. The zero-order valence-electron chi connectivity index (χ0n) is 23.1. The monoisotopic (exact) mass is 557 g/mol. The van der Waals surface area contributed by atoms with Crippen LogP contribution in [0.1, 0.15) is 31.4 Å². The molecule has 0 fully saturated rings. The van der Waals surface area contributed by atoms with Gasteiger partial charge in [0.05, 0.1) is 12.3 Å². The lowest BCUT2D eigenvalue weighted by Gasteiger charge is -2.28. The van der Waals surface area contributed by atoms with Crippen LogP contribution in [-0.2, 0) is 26.5 Å². The fourth-order valence-corrected chi connectivity index (χ4v) is 4.89. The van der Waals surface area contributed by atoms with Gasteiger partial charge in [0, 0.05) is 42.4 Å². The van der Waals surface area contributed by atoms with Crippen molar-refractivity contribution in [1.29, 1.82) is 0 Å². The molecule has 0 aromatic heterocycles. The van der Waals surface area contributed by atoms with Crippen LogP contribution in [0.15, 0.2) is 91.0 Å². The van der Waals surface area contributed by atoms with Gasteiger partial charge in [-0.1, -0.05) is 67.6 Å². The van der Waals surface area contributed by atoms with Gasteiger partial charge in [-0.25, -0.2) is 0 Å². The molecule has 3 aromatic rings. The highest BCUT2D eigenvalue weighted by Crippen LogP contribution is 2.49. The molecule has 4 rings (SSSR count). The first-order valence-corrected chi connectivity index (χ1v) is 13.5. The fourth-order valence-electron chi connectivity index (χ4n) is 4.89. The second-order valence-corrected chi connectivity index (χ2v) is 10.1. The van der Waals surface area contributed by atoms with Gasteiger partial charge in [-0.15, -0.1) is 0 Å². The van der Waals surface area contributed by atoms with Crippen molar-refractivity contribution >= 4 is 34.8 Å². The van der Waals surface area contributed by atoms with Gasteiger partial charge in [0.25, 0.3) is 11.8 Å². The number of fused-ring (bicyclic) bond motifs is 1. The maximum Gasteiger partial charge on any atom is 0.268 e. The lowest BCUT2D eigenvalue weighted by atomic mass is 9.82. The highest BCUT2D eigenvalue weighted by molar-refractivity contribution is 6.12. The molecule has 0 radical (unpaired) electrons. The van der Waals surface area contributed by atoms with Gasteiger partial charge in [0.1, 0.15) is 6.10 Å². The molecular weight excluding hydrogens is 522 g/mol. The molecule has 9 nitrogen and oxygen atoms in total. The first-order valence-electron chi connectivity index (χ1n) is 13.5. The van der Waals surface area contributed by atoms with E-state index in [-0.39, 0.29) is 25.5 Å². The van der Waals surface area contributed by atoms with E-state index in [1.54, 1.807) is 60.4 Å². The lowest BCUT2D eigenvalue weighted by molar-refractivity contribution is -0.138. The Kier molecular flexibility index (Phi) is 9.34.